The molecule has 5 nitrogen and oxygen atoms in total. The van der Waals surface area contributed by atoms with E-state index in [1.807, 2.05) is 29.2 Å². The van der Waals surface area contributed by atoms with Crippen LogP contribution in [0.1, 0.15) is 32.1 Å². The van der Waals surface area contributed by atoms with Crippen LogP contribution in [0.25, 0.3) is 0 Å². The molecule has 0 saturated carbocycles. The number of halogens is 1. The molecule has 1 aliphatic rings. The number of ether oxygens (including phenoxy) is 1. The highest BCUT2D eigenvalue weighted by Gasteiger charge is 2.15. The molecular weight excluding hydrogens is 360 g/mol. The minimum atomic E-state index is -0.146. The van der Waals surface area contributed by atoms with Gasteiger partial charge in [-0.15, -0.1) is 0 Å². The molecule has 1 aliphatic heterocycles. The summed E-state index contributed by atoms with van der Waals surface area (Å²) in [6.45, 7) is 2.12. The monoisotopic (exact) mass is 382 g/mol. The van der Waals surface area contributed by atoms with Crippen molar-refractivity contribution >= 4 is 27.7 Å². The van der Waals surface area contributed by atoms with Gasteiger partial charge in [0.15, 0.2) is 6.61 Å². The van der Waals surface area contributed by atoms with Crippen LogP contribution in [0.2, 0.25) is 0 Å². The normalized spacial score (nSPS) is 15.2. The maximum atomic E-state index is 11.8. The molecule has 0 bridgehead atoms. The highest BCUT2D eigenvalue weighted by atomic mass is 79.9. The Morgan fingerprint density at radius 1 is 1.30 bits per heavy atom. The molecular formula is C17H23BrN2O3. The molecule has 0 atom stereocenters. The maximum Gasteiger partial charge on any atom is 0.257 e. The molecule has 1 N–H and O–H groups in total. The average molecular weight is 383 g/mol. The molecule has 1 aromatic rings. The van der Waals surface area contributed by atoms with E-state index in [0.717, 1.165) is 36.7 Å². The summed E-state index contributed by atoms with van der Waals surface area (Å²) in [4.78, 5) is 25.5. The van der Waals surface area contributed by atoms with E-state index in [2.05, 4.69) is 21.2 Å². The Labute approximate surface area is 145 Å². The van der Waals surface area contributed by atoms with Crippen molar-refractivity contribution in [1.82, 2.24) is 10.2 Å². The lowest BCUT2D eigenvalue weighted by Gasteiger charge is -2.20. The zero-order chi connectivity index (χ0) is 16.5. The fourth-order valence-electron chi connectivity index (χ4n) is 2.53. The van der Waals surface area contributed by atoms with E-state index < -0.39 is 0 Å². The van der Waals surface area contributed by atoms with Crippen molar-refractivity contribution in [2.75, 3.05) is 26.2 Å². The lowest BCUT2D eigenvalue weighted by Crippen LogP contribution is -2.35. The van der Waals surface area contributed by atoms with Crippen molar-refractivity contribution in [2.45, 2.75) is 32.1 Å². The smallest absolute Gasteiger partial charge is 0.257 e. The molecule has 126 valence electrons. The Morgan fingerprint density at radius 2 is 2.17 bits per heavy atom. The summed E-state index contributed by atoms with van der Waals surface area (Å²) >= 11 is 3.36. The summed E-state index contributed by atoms with van der Waals surface area (Å²) in [7, 11) is 0. The second-order valence-corrected chi connectivity index (χ2v) is 6.56. The molecule has 6 heteroatoms. The number of hydrogen-bond donors (Lipinski definition) is 1. The van der Waals surface area contributed by atoms with Crippen LogP contribution in [0.15, 0.2) is 28.7 Å². The molecule has 1 heterocycles. The van der Waals surface area contributed by atoms with Gasteiger partial charge in [0.2, 0.25) is 5.91 Å². The van der Waals surface area contributed by atoms with Crippen molar-refractivity contribution in [3.8, 4) is 5.75 Å². The highest BCUT2D eigenvalue weighted by Crippen LogP contribution is 2.17. The van der Waals surface area contributed by atoms with Crippen LogP contribution in [0, 0.1) is 0 Å². The lowest BCUT2D eigenvalue weighted by molar-refractivity contribution is -0.130. The second kappa shape index (κ2) is 9.55. The van der Waals surface area contributed by atoms with Gasteiger partial charge in [-0.1, -0.05) is 28.4 Å². The van der Waals surface area contributed by atoms with E-state index in [1.165, 1.54) is 0 Å². The molecule has 1 aromatic carbocycles. The molecule has 23 heavy (non-hydrogen) atoms. The van der Waals surface area contributed by atoms with Crippen molar-refractivity contribution in [1.29, 1.82) is 0 Å². The lowest BCUT2D eigenvalue weighted by atomic mass is 10.2. The quantitative estimate of drug-likeness (QED) is 0.737. The Morgan fingerprint density at radius 3 is 3.00 bits per heavy atom. The summed E-state index contributed by atoms with van der Waals surface area (Å²) < 4.78 is 6.34. The van der Waals surface area contributed by atoms with Gasteiger partial charge in [-0.05, 0) is 37.5 Å². The number of rotatable bonds is 7. The first kappa shape index (κ1) is 17.8. The molecule has 1 saturated heterocycles. The van der Waals surface area contributed by atoms with E-state index in [0.29, 0.717) is 25.3 Å². The summed E-state index contributed by atoms with van der Waals surface area (Å²) in [5.74, 6) is 0.753. The third-order valence-electron chi connectivity index (χ3n) is 3.76. The van der Waals surface area contributed by atoms with Gasteiger partial charge in [-0.3, -0.25) is 9.59 Å². The number of carbonyl (C=O) groups excluding carboxylic acids is 2. The molecule has 0 aromatic heterocycles. The molecule has 1 fully saturated rings. The van der Waals surface area contributed by atoms with Crippen molar-refractivity contribution in [3.05, 3.63) is 28.7 Å². The number of likely N-dealkylation sites (tertiary alicyclic amines) is 1. The van der Waals surface area contributed by atoms with Crippen LogP contribution in [-0.4, -0.2) is 43.0 Å². The van der Waals surface area contributed by atoms with E-state index >= 15 is 0 Å². The zero-order valence-corrected chi connectivity index (χ0v) is 14.8. The van der Waals surface area contributed by atoms with Crippen LogP contribution in [0.3, 0.4) is 0 Å². The summed E-state index contributed by atoms with van der Waals surface area (Å²) in [5, 5.41) is 2.82. The van der Waals surface area contributed by atoms with Gasteiger partial charge in [0, 0.05) is 30.5 Å². The fraction of sp³-hybridized carbons (Fsp3) is 0.529. The highest BCUT2D eigenvalue weighted by molar-refractivity contribution is 9.10. The van der Waals surface area contributed by atoms with Gasteiger partial charge < -0.3 is 15.0 Å². The van der Waals surface area contributed by atoms with E-state index in [4.69, 9.17) is 4.74 Å². The molecule has 2 rings (SSSR count). The molecule has 0 radical (unpaired) electrons. The number of benzene rings is 1. The molecule has 0 unspecified atom stereocenters. The number of amides is 2. The Bertz CT molecular complexity index is 536. The predicted octanol–water partition coefficient (Wildman–Crippen LogP) is 2.74. The summed E-state index contributed by atoms with van der Waals surface area (Å²) in [6.07, 6.45) is 4.64. The Kier molecular flexibility index (Phi) is 7.39. The largest absolute Gasteiger partial charge is 0.484 e. The van der Waals surface area contributed by atoms with Crippen molar-refractivity contribution in [3.63, 3.8) is 0 Å². The molecule has 2 amide bonds. The van der Waals surface area contributed by atoms with E-state index in [-0.39, 0.29) is 18.4 Å². The average Bonchev–Trinajstić information content (AvgIpc) is 2.74. The molecule has 0 spiro atoms. The Balaban J connectivity index is 1.60. The first-order valence-corrected chi connectivity index (χ1v) is 8.87. The molecule has 0 aliphatic carbocycles. The number of nitrogens with zero attached hydrogens (tertiary/aromatic N) is 1. The summed E-state index contributed by atoms with van der Waals surface area (Å²) in [5.41, 5.74) is 0. The third kappa shape index (κ3) is 6.60. The van der Waals surface area contributed by atoms with Crippen LogP contribution >= 0.6 is 15.9 Å². The van der Waals surface area contributed by atoms with Crippen molar-refractivity contribution in [2.24, 2.45) is 0 Å². The van der Waals surface area contributed by atoms with E-state index in [1.54, 1.807) is 0 Å². The van der Waals surface area contributed by atoms with Gasteiger partial charge in [0.25, 0.3) is 5.91 Å². The number of carbonyl (C=O) groups is 2. The first-order chi connectivity index (χ1) is 11.1. The second-order valence-electron chi connectivity index (χ2n) is 5.64. The summed E-state index contributed by atoms with van der Waals surface area (Å²) in [6, 6.07) is 7.38. The number of hydrogen-bond acceptors (Lipinski definition) is 3. The van der Waals surface area contributed by atoms with Gasteiger partial charge in [0.1, 0.15) is 5.75 Å². The van der Waals surface area contributed by atoms with Gasteiger partial charge >= 0.3 is 0 Å². The minimum Gasteiger partial charge on any atom is -0.484 e. The first-order valence-electron chi connectivity index (χ1n) is 8.08. The van der Waals surface area contributed by atoms with Crippen LogP contribution < -0.4 is 10.1 Å². The van der Waals surface area contributed by atoms with Crippen LogP contribution in [-0.2, 0) is 9.59 Å². The maximum absolute atomic E-state index is 11.8. The SMILES string of the molecule is O=C(COc1cccc(Br)c1)NCCCN1CCCCCC1=O. The van der Waals surface area contributed by atoms with Crippen molar-refractivity contribution < 1.29 is 14.3 Å². The predicted molar refractivity (Wildman–Crippen MR) is 92.3 cm³/mol. The van der Waals surface area contributed by atoms with Gasteiger partial charge in [0.05, 0.1) is 0 Å². The third-order valence-corrected chi connectivity index (χ3v) is 4.26. The van der Waals surface area contributed by atoms with Gasteiger partial charge in [-0.2, -0.15) is 0 Å². The number of nitrogens with one attached hydrogen (secondary N) is 1. The van der Waals surface area contributed by atoms with E-state index in [9.17, 15) is 9.59 Å². The zero-order valence-electron chi connectivity index (χ0n) is 13.2. The van der Waals surface area contributed by atoms with Crippen LogP contribution in [0.4, 0.5) is 0 Å². The van der Waals surface area contributed by atoms with Gasteiger partial charge in [-0.25, -0.2) is 0 Å². The minimum absolute atomic E-state index is 0.000895. The van der Waals surface area contributed by atoms with Crippen LogP contribution in [0.5, 0.6) is 5.75 Å². The fourth-order valence-corrected chi connectivity index (χ4v) is 2.91. The Hall–Kier alpha value is -1.56. The topological polar surface area (TPSA) is 58.6 Å². The standard InChI is InChI=1S/C17H23BrN2O3/c18-14-6-4-7-15(12-14)23-13-16(21)19-9-5-11-20-10-3-1-2-8-17(20)22/h4,6-7,12H,1-3,5,8-11,13H2,(H,19,21).